The largest absolute Gasteiger partial charge is 0.497 e. The average molecular weight is 493 g/mol. The summed E-state index contributed by atoms with van der Waals surface area (Å²) >= 11 is 6.74. The van der Waals surface area contributed by atoms with Gasteiger partial charge in [-0.3, -0.25) is 18.9 Å². The molecule has 0 spiro atoms. The number of ether oxygens (including phenoxy) is 1. The minimum absolute atomic E-state index is 0.184. The highest BCUT2D eigenvalue weighted by Gasteiger charge is 2.33. The second-order valence-corrected chi connectivity index (χ2v) is 10.0. The first-order chi connectivity index (χ1) is 16.5. The van der Waals surface area contributed by atoms with Gasteiger partial charge in [-0.05, 0) is 55.2 Å². The van der Waals surface area contributed by atoms with Gasteiger partial charge in [0.15, 0.2) is 0 Å². The molecule has 7 nitrogen and oxygen atoms in total. The topological polar surface area (TPSA) is 67.2 Å². The third-order valence-corrected chi connectivity index (χ3v) is 7.50. The van der Waals surface area contributed by atoms with E-state index in [0.29, 0.717) is 32.8 Å². The Morgan fingerprint density at radius 3 is 2.59 bits per heavy atom. The Morgan fingerprint density at radius 1 is 1.15 bits per heavy atom. The number of pyridine rings is 1. The van der Waals surface area contributed by atoms with Crippen LogP contribution in [-0.2, 0) is 11.3 Å². The Hall–Kier alpha value is -3.17. The van der Waals surface area contributed by atoms with Gasteiger partial charge in [0.2, 0.25) is 0 Å². The lowest BCUT2D eigenvalue weighted by molar-refractivity contribution is -0.122. The molecule has 174 valence electrons. The van der Waals surface area contributed by atoms with E-state index in [9.17, 15) is 9.59 Å². The van der Waals surface area contributed by atoms with Crippen LogP contribution in [0.2, 0.25) is 0 Å². The quantitative estimate of drug-likeness (QED) is 0.394. The monoisotopic (exact) mass is 492 g/mol. The number of carbonyl (C=O) groups is 1. The summed E-state index contributed by atoms with van der Waals surface area (Å²) in [6.07, 6.45) is 5.50. The van der Waals surface area contributed by atoms with Crippen LogP contribution in [0.25, 0.3) is 11.7 Å². The molecule has 0 N–H and O–H groups in total. The number of benzene rings is 1. The number of nitrogens with zero attached hydrogens (tertiary/aromatic N) is 4. The van der Waals surface area contributed by atoms with Gasteiger partial charge in [0.1, 0.15) is 21.5 Å². The molecule has 0 unspecified atom stereocenters. The maximum atomic E-state index is 13.5. The molecule has 0 atom stereocenters. The standard InChI is InChI=1S/C25H24N4O3S2/c1-16-6-5-13-28-21(16)26-22(27-11-3-4-12-27)19(23(28)30)14-20-24(31)29(25(33)34-20)15-17-7-9-18(32-2)10-8-17/h5-10,13-14H,3-4,11-12,15H2,1-2H3. The van der Waals surface area contributed by atoms with Gasteiger partial charge in [-0.25, -0.2) is 4.98 Å². The molecule has 4 heterocycles. The summed E-state index contributed by atoms with van der Waals surface area (Å²) in [5.74, 6) is 1.19. The number of rotatable bonds is 5. The summed E-state index contributed by atoms with van der Waals surface area (Å²) in [5, 5.41) is 0. The molecular weight excluding hydrogens is 468 g/mol. The minimum atomic E-state index is -0.202. The lowest BCUT2D eigenvalue weighted by Gasteiger charge is -2.20. The fourth-order valence-corrected chi connectivity index (χ4v) is 5.51. The van der Waals surface area contributed by atoms with E-state index in [0.717, 1.165) is 42.8 Å². The molecule has 0 saturated carbocycles. The number of thioether (sulfide) groups is 1. The lowest BCUT2D eigenvalue weighted by Crippen LogP contribution is -2.28. The molecule has 2 saturated heterocycles. The first kappa shape index (κ1) is 22.6. The fourth-order valence-electron chi connectivity index (χ4n) is 4.28. The molecular formula is C25H24N4O3S2. The van der Waals surface area contributed by atoms with E-state index in [-0.39, 0.29) is 11.5 Å². The fraction of sp³-hybridized carbons (Fsp3) is 0.280. The van der Waals surface area contributed by atoms with Crippen molar-refractivity contribution in [1.29, 1.82) is 0 Å². The molecule has 0 aliphatic carbocycles. The maximum absolute atomic E-state index is 13.5. The number of hydrogen-bond acceptors (Lipinski definition) is 7. The van der Waals surface area contributed by atoms with E-state index in [2.05, 4.69) is 4.90 Å². The maximum Gasteiger partial charge on any atom is 0.267 e. The van der Waals surface area contributed by atoms with Gasteiger partial charge >= 0.3 is 0 Å². The molecule has 0 bridgehead atoms. The van der Waals surface area contributed by atoms with Crippen LogP contribution in [0.5, 0.6) is 5.75 Å². The summed E-state index contributed by atoms with van der Waals surface area (Å²) in [4.78, 5) is 35.8. The molecule has 3 aromatic rings. The van der Waals surface area contributed by atoms with Gasteiger partial charge in [0, 0.05) is 19.3 Å². The van der Waals surface area contributed by atoms with Crippen LogP contribution in [0.15, 0.2) is 52.3 Å². The van der Waals surface area contributed by atoms with E-state index in [1.165, 1.54) is 11.8 Å². The van der Waals surface area contributed by atoms with E-state index in [1.54, 1.807) is 28.7 Å². The molecule has 34 heavy (non-hydrogen) atoms. The predicted octanol–water partition coefficient (Wildman–Crippen LogP) is 4.01. The van der Waals surface area contributed by atoms with Gasteiger partial charge in [-0.2, -0.15) is 0 Å². The summed E-state index contributed by atoms with van der Waals surface area (Å²) in [6, 6.07) is 11.3. The number of carbonyl (C=O) groups excluding carboxylic acids is 1. The number of thiocarbonyl (C=S) groups is 1. The summed E-state index contributed by atoms with van der Waals surface area (Å²) < 4.78 is 7.23. The summed E-state index contributed by atoms with van der Waals surface area (Å²) in [6.45, 7) is 3.99. The van der Waals surface area contributed by atoms with Crippen molar-refractivity contribution >= 4 is 51.7 Å². The smallest absolute Gasteiger partial charge is 0.267 e. The second-order valence-electron chi connectivity index (χ2n) is 8.35. The van der Waals surface area contributed by atoms with E-state index in [4.69, 9.17) is 21.9 Å². The zero-order chi connectivity index (χ0) is 23.8. The first-order valence-corrected chi connectivity index (χ1v) is 12.3. The molecule has 1 aromatic carbocycles. The molecule has 5 rings (SSSR count). The second kappa shape index (κ2) is 9.23. The van der Waals surface area contributed by atoms with Crippen molar-refractivity contribution in [2.45, 2.75) is 26.3 Å². The molecule has 9 heteroatoms. The van der Waals surface area contributed by atoms with Gasteiger partial charge in [-0.15, -0.1) is 0 Å². The van der Waals surface area contributed by atoms with Crippen LogP contribution in [0, 0.1) is 6.92 Å². The summed E-state index contributed by atoms with van der Waals surface area (Å²) in [7, 11) is 1.61. The molecule has 0 radical (unpaired) electrons. The zero-order valence-electron chi connectivity index (χ0n) is 19.0. The highest BCUT2D eigenvalue weighted by atomic mass is 32.2. The number of aromatic nitrogens is 2. The third-order valence-electron chi connectivity index (χ3n) is 6.12. The number of fused-ring (bicyclic) bond motifs is 1. The first-order valence-electron chi connectivity index (χ1n) is 11.1. The van der Waals surface area contributed by atoms with Gasteiger partial charge < -0.3 is 9.64 Å². The normalized spacial score (nSPS) is 17.4. The van der Waals surface area contributed by atoms with Crippen LogP contribution in [-0.4, -0.2) is 44.7 Å². The van der Waals surface area contributed by atoms with E-state index >= 15 is 0 Å². The highest BCUT2D eigenvalue weighted by molar-refractivity contribution is 8.26. The Kier molecular flexibility index (Phi) is 6.14. The Labute approximate surface area is 207 Å². The van der Waals surface area contributed by atoms with Crippen molar-refractivity contribution in [2.24, 2.45) is 0 Å². The predicted molar refractivity (Wildman–Crippen MR) is 139 cm³/mol. The van der Waals surface area contributed by atoms with Crippen molar-refractivity contribution in [2.75, 3.05) is 25.1 Å². The van der Waals surface area contributed by atoms with Crippen LogP contribution in [0.1, 0.15) is 29.5 Å². The Morgan fingerprint density at radius 2 is 1.88 bits per heavy atom. The number of anilines is 1. The van der Waals surface area contributed by atoms with Gasteiger partial charge in [0.25, 0.3) is 11.5 Å². The molecule has 2 aliphatic heterocycles. The third kappa shape index (κ3) is 4.10. The zero-order valence-corrected chi connectivity index (χ0v) is 20.6. The van der Waals surface area contributed by atoms with E-state index in [1.807, 2.05) is 43.3 Å². The van der Waals surface area contributed by atoms with Crippen molar-refractivity contribution in [3.8, 4) is 5.75 Å². The number of aryl methyl sites for hydroxylation is 1. The van der Waals surface area contributed by atoms with E-state index < -0.39 is 0 Å². The average Bonchev–Trinajstić information content (AvgIpc) is 3.46. The van der Waals surface area contributed by atoms with Crippen molar-refractivity contribution in [3.05, 3.63) is 74.5 Å². The number of amides is 1. The van der Waals surface area contributed by atoms with Crippen LogP contribution >= 0.6 is 24.0 Å². The minimum Gasteiger partial charge on any atom is -0.497 e. The Balaban J connectivity index is 1.54. The SMILES string of the molecule is COc1ccc(CN2C(=O)C(=Cc3c(N4CCCC4)nc4c(C)cccn4c3=O)SC2=S)cc1. The molecule has 2 aromatic heterocycles. The van der Waals surface area contributed by atoms with Gasteiger partial charge in [-0.1, -0.05) is 42.2 Å². The van der Waals surface area contributed by atoms with Crippen LogP contribution in [0.4, 0.5) is 5.82 Å². The van der Waals surface area contributed by atoms with Gasteiger partial charge in [0.05, 0.1) is 24.1 Å². The molecule has 1 amide bonds. The highest BCUT2D eigenvalue weighted by Crippen LogP contribution is 2.35. The van der Waals surface area contributed by atoms with Crippen molar-refractivity contribution in [1.82, 2.24) is 14.3 Å². The molecule has 2 fully saturated rings. The number of hydrogen-bond donors (Lipinski definition) is 0. The Bertz CT molecular complexity index is 1380. The number of methoxy groups -OCH3 is 1. The summed E-state index contributed by atoms with van der Waals surface area (Å²) in [5.41, 5.74) is 2.75. The lowest BCUT2D eigenvalue weighted by atomic mass is 10.2. The van der Waals surface area contributed by atoms with Crippen LogP contribution < -0.4 is 15.2 Å². The molecule has 2 aliphatic rings. The van der Waals surface area contributed by atoms with Crippen molar-refractivity contribution in [3.63, 3.8) is 0 Å². The van der Waals surface area contributed by atoms with Crippen molar-refractivity contribution < 1.29 is 9.53 Å². The van der Waals surface area contributed by atoms with Crippen LogP contribution in [0.3, 0.4) is 0 Å².